The summed E-state index contributed by atoms with van der Waals surface area (Å²) in [6.45, 7) is 7.04. The van der Waals surface area contributed by atoms with E-state index in [2.05, 4.69) is 61.1 Å². The van der Waals surface area contributed by atoms with Crippen LogP contribution >= 0.6 is 0 Å². The lowest BCUT2D eigenvalue weighted by molar-refractivity contribution is 0.240. The van der Waals surface area contributed by atoms with Crippen LogP contribution in [0.2, 0.25) is 0 Å². The highest BCUT2D eigenvalue weighted by atomic mass is 15.0. The molecule has 0 saturated heterocycles. The molecular weight excluding hydrogens is 412 g/mol. The van der Waals surface area contributed by atoms with Crippen LogP contribution in [0.3, 0.4) is 0 Å². The SMILES string of the molecule is CCCCCCCCCCCCCCCCCC([C+]1N=CC=N1)C(Cc1ccccc1)C(C)C. The molecule has 1 heterocycles. The Morgan fingerprint density at radius 1 is 0.647 bits per heavy atom. The maximum Gasteiger partial charge on any atom is 0.244 e. The third-order valence-electron chi connectivity index (χ3n) is 7.62. The van der Waals surface area contributed by atoms with Crippen molar-refractivity contribution in [1.82, 2.24) is 0 Å². The van der Waals surface area contributed by atoms with Gasteiger partial charge in [-0.15, -0.1) is 0 Å². The van der Waals surface area contributed by atoms with E-state index in [1.54, 1.807) is 0 Å². The monoisotopic (exact) mass is 465 g/mol. The van der Waals surface area contributed by atoms with Gasteiger partial charge in [0, 0.05) is 0 Å². The van der Waals surface area contributed by atoms with Crippen LogP contribution < -0.4 is 0 Å². The molecule has 0 amide bonds. The molecule has 0 bridgehead atoms. The van der Waals surface area contributed by atoms with Crippen molar-refractivity contribution in [3.63, 3.8) is 0 Å². The summed E-state index contributed by atoms with van der Waals surface area (Å²) in [5.74, 6) is 1.69. The molecule has 0 fully saturated rings. The van der Waals surface area contributed by atoms with Crippen molar-refractivity contribution in [3.05, 3.63) is 42.1 Å². The van der Waals surface area contributed by atoms with Crippen LogP contribution in [0.25, 0.3) is 0 Å². The summed E-state index contributed by atoms with van der Waals surface area (Å²) in [6, 6.07) is 11.0. The topological polar surface area (TPSA) is 24.7 Å². The molecule has 1 aliphatic heterocycles. The second-order valence-corrected chi connectivity index (χ2v) is 10.9. The Kier molecular flexibility index (Phi) is 15.8. The Balaban J connectivity index is 1.59. The van der Waals surface area contributed by atoms with Gasteiger partial charge in [-0.25, -0.2) is 0 Å². The summed E-state index contributed by atoms with van der Waals surface area (Å²) in [4.78, 5) is 9.28. The highest BCUT2D eigenvalue weighted by Crippen LogP contribution is 2.37. The Hall–Kier alpha value is -1.57. The normalized spacial score (nSPS) is 14.9. The molecule has 0 radical (unpaired) electrons. The Labute approximate surface area is 212 Å². The van der Waals surface area contributed by atoms with Gasteiger partial charge in [0.2, 0.25) is 6.17 Å². The summed E-state index contributed by atoms with van der Waals surface area (Å²) in [6.07, 6.45) is 28.4. The van der Waals surface area contributed by atoms with E-state index in [9.17, 15) is 0 Å². The quantitative estimate of drug-likeness (QED) is 0.127. The molecule has 34 heavy (non-hydrogen) atoms. The standard InChI is InChI=1S/C32H53N2/c1-4-5-6-7-8-9-10-11-12-13-14-15-16-17-21-24-30(32-33-25-26-34-32)31(28(2)3)27-29-22-19-18-20-23-29/h18-20,22-23,25-26,28,30-31H,4-17,21,24,27H2,1-3H3/q+1. The summed E-state index contributed by atoms with van der Waals surface area (Å²) in [7, 11) is 0. The zero-order valence-corrected chi connectivity index (χ0v) is 22.7. The van der Waals surface area contributed by atoms with Gasteiger partial charge in [0.05, 0.1) is 5.92 Å². The number of nitrogens with zero attached hydrogens (tertiary/aromatic N) is 2. The minimum atomic E-state index is 0.470. The van der Waals surface area contributed by atoms with E-state index in [1.165, 1.54) is 108 Å². The van der Waals surface area contributed by atoms with E-state index < -0.39 is 0 Å². The molecule has 1 aliphatic rings. The third kappa shape index (κ3) is 12.2. The van der Waals surface area contributed by atoms with Gasteiger partial charge in [-0.3, -0.25) is 0 Å². The van der Waals surface area contributed by atoms with Gasteiger partial charge in [-0.2, -0.15) is 0 Å². The minimum absolute atomic E-state index is 0.470. The fraction of sp³-hybridized carbons (Fsp3) is 0.719. The van der Waals surface area contributed by atoms with Crippen molar-refractivity contribution in [2.75, 3.05) is 0 Å². The Morgan fingerprint density at radius 2 is 1.12 bits per heavy atom. The first-order valence-corrected chi connectivity index (χ1v) is 14.7. The molecule has 1 aromatic rings. The van der Waals surface area contributed by atoms with E-state index in [0.29, 0.717) is 17.8 Å². The first-order valence-electron chi connectivity index (χ1n) is 14.7. The predicted molar refractivity (Wildman–Crippen MR) is 152 cm³/mol. The van der Waals surface area contributed by atoms with Crippen LogP contribution in [0.1, 0.15) is 129 Å². The number of hydrogen-bond donors (Lipinski definition) is 0. The molecule has 2 heteroatoms. The van der Waals surface area contributed by atoms with Crippen LogP contribution in [0, 0.1) is 23.9 Å². The van der Waals surface area contributed by atoms with Crippen molar-refractivity contribution in [2.24, 2.45) is 27.7 Å². The highest BCUT2D eigenvalue weighted by Gasteiger charge is 2.36. The van der Waals surface area contributed by atoms with E-state index in [0.717, 1.165) is 12.6 Å². The zero-order valence-electron chi connectivity index (χ0n) is 22.7. The molecule has 0 aliphatic carbocycles. The van der Waals surface area contributed by atoms with Crippen LogP contribution in [-0.2, 0) is 6.42 Å². The van der Waals surface area contributed by atoms with E-state index >= 15 is 0 Å². The third-order valence-corrected chi connectivity index (χ3v) is 7.62. The lowest BCUT2D eigenvalue weighted by atomic mass is 9.75. The van der Waals surface area contributed by atoms with E-state index in [-0.39, 0.29) is 0 Å². The molecule has 0 saturated carbocycles. The lowest BCUT2D eigenvalue weighted by Crippen LogP contribution is -2.26. The number of hydrogen-bond acceptors (Lipinski definition) is 2. The predicted octanol–water partition coefficient (Wildman–Crippen LogP) is 10.0. The average Bonchev–Trinajstić information content (AvgIpc) is 3.38. The summed E-state index contributed by atoms with van der Waals surface area (Å²) >= 11 is 0. The molecule has 0 N–H and O–H groups in total. The van der Waals surface area contributed by atoms with Crippen molar-refractivity contribution in [3.8, 4) is 0 Å². The largest absolute Gasteiger partial charge is 0.244 e. The number of benzene rings is 1. The summed E-state index contributed by atoms with van der Waals surface area (Å²) in [5, 5.41) is 0. The lowest BCUT2D eigenvalue weighted by Gasteiger charge is -2.29. The van der Waals surface area contributed by atoms with Crippen molar-refractivity contribution >= 4 is 12.4 Å². The van der Waals surface area contributed by atoms with Crippen LogP contribution in [0.5, 0.6) is 0 Å². The number of aliphatic imine (C=N–C) groups is 2. The zero-order chi connectivity index (χ0) is 24.3. The Bertz CT molecular complexity index is 636. The van der Waals surface area contributed by atoms with Gasteiger partial charge >= 0.3 is 0 Å². The second kappa shape index (κ2) is 18.7. The van der Waals surface area contributed by atoms with Crippen molar-refractivity contribution in [1.29, 1.82) is 0 Å². The summed E-state index contributed by atoms with van der Waals surface area (Å²) < 4.78 is 0. The van der Waals surface area contributed by atoms with Crippen LogP contribution in [-0.4, -0.2) is 12.4 Å². The molecule has 2 nitrogen and oxygen atoms in total. The smallest absolute Gasteiger partial charge is 0.0965 e. The second-order valence-electron chi connectivity index (χ2n) is 10.9. The maximum atomic E-state index is 4.64. The molecule has 1 aromatic carbocycles. The number of unbranched alkanes of at least 4 members (excludes halogenated alkanes) is 14. The van der Waals surface area contributed by atoms with Crippen molar-refractivity contribution < 1.29 is 0 Å². The average molecular weight is 466 g/mol. The van der Waals surface area contributed by atoms with Crippen LogP contribution in [0.4, 0.5) is 0 Å². The first kappa shape index (κ1) is 28.7. The molecule has 2 atom stereocenters. The fourth-order valence-electron chi connectivity index (χ4n) is 5.44. The van der Waals surface area contributed by atoms with Gasteiger partial charge in [0.1, 0.15) is 0 Å². The maximum absolute atomic E-state index is 4.64. The first-order chi connectivity index (χ1) is 16.7. The minimum Gasteiger partial charge on any atom is -0.0965 e. The molecule has 0 aromatic heterocycles. The van der Waals surface area contributed by atoms with Gasteiger partial charge < -0.3 is 0 Å². The molecule has 0 spiro atoms. The Morgan fingerprint density at radius 3 is 1.59 bits per heavy atom. The van der Waals surface area contributed by atoms with Crippen LogP contribution in [0.15, 0.2) is 40.3 Å². The number of rotatable bonds is 21. The summed E-state index contributed by atoms with van der Waals surface area (Å²) in [5.41, 5.74) is 1.44. The van der Waals surface area contributed by atoms with Gasteiger partial charge in [-0.1, -0.05) is 157 Å². The molecule has 190 valence electrons. The van der Waals surface area contributed by atoms with E-state index in [1.807, 2.05) is 12.4 Å². The van der Waals surface area contributed by atoms with Gasteiger partial charge in [0.15, 0.2) is 12.4 Å². The molecule has 2 unspecified atom stereocenters. The van der Waals surface area contributed by atoms with Gasteiger partial charge in [-0.05, 0) is 30.2 Å². The highest BCUT2D eigenvalue weighted by molar-refractivity contribution is 6.18. The van der Waals surface area contributed by atoms with Gasteiger partial charge in [0.25, 0.3) is 0 Å². The molecular formula is C32H53N2+. The fourth-order valence-corrected chi connectivity index (χ4v) is 5.44. The molecule has 2 rings (SSSR count). The van der Waals surface area contributed by atoms with Crippen molar-refractivity contribution in [2.45, 2.75) is 130 Å². The van der Waals surface area contributed by atoms with E-state index in [4.69, 9.17) is 0 Å².